The summed E-state index contributed by atoms with van der Waals surface area (Å²) < 4.78 is 5.44. The Morgan fingerprint density at radius 2 is 1.41 bits per heavy atom. The molecule has 4 atom stereocenters. The van der Waals surface area contributed by atoms with E-state index < -0.39 is 12.1 Å². The summed E-state index contributed by atoms with van der Waals surface area (Å²) in [6.45, 7) is 4.12. The topological polar surface area (TPSA) is 104 Å². The second kappa shape index (κ2) is 13.6. The Bertz CT molecular complexity index is 1330. The van der Waals surface area contributed by atoms with E-state index in [-0.39, 0.29) is 30.4 Å². The van der Waals surface area contributed by atoms with E-state index in [1.807, 2.05) is 86.6 Å². The molecule has 0 bridgehead atoms. The molecule has 0 radical (unpaired) electrons. The maximum absolute atomic E-state index is 13.3. The smallest absolute Gasteiger partial charge is 0.251 e. The van der Waals surface area contributed by atoms with Crippen LogP contribution in [0.4, 0.5) is 0 Å². The summed E-state index contributed by atoms with van der Waals surface area (Å²) in [6, 6.07) is 28.8. The van der Waals surface area contributed by atoms with E-state index in [1.165, 1.54) is 0 Å². The minimum Gasteiger partial charge on any atom is -0.468 e. The van der Waals surface area contributed by atoms with Crippen LogP contribution in [0.3, 0.4) is 0 Å². The number of hydrogen-bond donors (Lipinski definition) is 4. The summed E-state index contributed by atoms with van der Waals surface area (Å²) in [4.78, 5) is 26.2. The molecule has 0 saturated carbocycles. The van der Waals surface area contributed by atoms with Crippen LogP contribution in [0.25, 0.3) is 0 Å². The number of benzene rings is 3. The van der Waals surface area contributed by atoms with Gasteiger partial charge in [0.2, 0.25) is 0 Å². The van der Waals surface area contributed by atoms with E-state index >= 15 is 0 Å². The highest BCUT2D eigenvalue weighted by Crippen LogP contribution is 2.15. The van der Waals surface area contributed by atoms with Crippen LogP contribution in [-0.2, 0) is 6.42 Å². The van der Waals surface area contributed by atoms with Crippen molar-refractivity contribution in [2.75, 3.05) is 6.54 Å². The third-order valence-electron chi connectivity index (χ3n) is 6.72. The minimum absolute atomic E-state index is 0.101. The van der Waals surface area contributed by atoms with Crippen molar-refractivity contribution in [3.8, 4) is 0 Å². The molecule has 1 unspecified atom stereocenters. The lowest BCUT2D eigenvalue weighted by molar-refractivity contribution is 0.0824. The van der Waals surface area contributed by atoms with Crippen LogP contribution in [-0.4, -0.2) is 35.6 Å². The molecule has 2 amide bonds. The Kier molecular flexibility index (Phi) is 9.67. The van der Waals surface area contributed by atoms with Crippen molar-refractivity contribution in [2.45, 2.75) is 44.5 Å². The van der Waals surface area contributed by atoms with Crippen molar-refractivity contribution >= 4 is 11.8 Å². The van der Waals surface area contributed by atoms with Gasteiger partial charge in [0, 0.05) is 17.7 Å². The van der Waals surface area contributed by atoms with E-state index in [0.29, 0.717) is 17.5 Å². The van der Waals surface area contributed by atoms with Gasteiger partial charge in [-0.25, -0.2) is 0 Å². The quantitative estimate of drug-likeness (QED) is 0.212. The monoisotopic (exact) mass is 525 g/mol. The maximum Gasteiger partial charge on any atom is 0.251 e. The van der Waals surface area contributed by atoms with Gasteiger partial charge in [-0.15, -0.1) is 0 Å². The summed E-state index contributed by atoms with van der Waals surface area (Å²) >= 11 is 0. The molecule has 0 aliphatic heterocycles. The number of aliphatic hydroxyl groups excluding tert-OH is 1. The van der Waals surface area contributed by atoms with Gasteiger partial charge in [0.25, 0.3) is 11.8 Å². The van der Waals surface area contributed by atoms with Gasteiger partial charge >= 0.3 is 0 Å². The lowest BCUT2D eigenvalue weighted by Crippen LogP contribution is -2.49. The average molecular weight is 526 g/mol. The Balaban J connectivity index is 1.43. The van der Waals surface area contributed by atoms with Gasteiger partial charge in [-0.2, -0.15) is 0 Å². The molecular weight excluding hydrogens is 490 g/mol. The minimum atomic E-state index is -0.871. The highest BCUT2D eigenvalue weighted by atomic mass is 16.3. The third-order valence-corrected chi connectivity index (χ3v) is 6.72. The molecule has 1 aromatic heterocycles. The van der Waals surface area contributed by atoms with Gasteiger partial charge in [-0.3, -0.25) is 9.59 Å². The Morgan fingerprint density at radius 3 is 2.05 bits per heavy atom. The van der Waals surface area contributed by atoms with E-state index in [4.69, 9.17) is 4.42 Å². The van der Waals surface area contributed by atoms with Gasteiger partial charge < -0.3 is 25.5 Å². The van der Waals surface area contributed by atoms with Gasteiger partial charge in [-0.1, -0.05) is 66.7 Å². The molecule has 0 fully saturated rings. The predicted molar refractivity (Wildman–Crippen MR) is 151 cm³/mol. The first-order chi connectivity index (χ1) is 18.9. The number of rotatable bonds is 12. The molecule has 202 valence electrons. The van der Waals surface area contributed by atoms with Crippen molar-refractivity contribution in [3.05, 3.63) is 131 Å². The van der Waals surface area contributed by atoms with Crippen molar-refractivity contribution in [3.63, 3.8) is 0 Å². The zero-order chi connectivity index (χ0) is 27.6. The fraction of sp³-hybridized carbons (Fsp3) is 0.250. The van der Waals surface area contributed by atoms with Gasteiger partial charge in [0.15, 0.2) is 0 Å². The van der Waals surface area contributed by atoms with Crippen LogP contribution in [0.2, 0.25) is 0 Å². The van der Waals surface area contributed by atoms with Crippen LogP contribution >= 0.6 is 0 Å². The fourth-order valence-electron chi connectivity index (χ4n) is 4.39. The van der Waals surface area contributed by atoms with Crippen LogP contribution in [0, 0.1) is 0 Å². The number of carbonyl (C=O) groups excluding carboxylic acids is 2. The molecule has 0 spiro atoms. The zero-order valence-electron chi connectivity index (χ0n) is 22.2. The molecule has 0 aliphatic rings. The fourth-order valence-corrected chi connectivity index (χ4v) is 4.39. The number of carbonyl (C=O) groups is 2. The summed E-state index contributed by atoms with van der Waals surface area (Å²) in [5.41, 5.74) is 2.72. The second-order valence-electron chi connectivity index (χ2n) is 9.67. The molecule has 0 saturated heterocycles. The van der Waals surface area contributed by atoms with Crippen molar-refractivity contribution in [1.29, 1.82) is 0 Å². The van der Waals surface area contributed by atoms with E-state index in [9.17, 15) is 14.7 Å². The highest BCUT2D eigenvalue weighted by Gasteiger charge is 2.24. The molecule has 7 nitrogen and oxygen atoms in total. The lowest BCUT2D eigenvalue weighted by atomic mass is 10.00. The van der Waals surface area contributed by atoms with Crippen LogP contribution in [0.15, 0.2) is 108 Å². The summed E-state index contributed by atoms with van der Waals surface area (Å²) in [7, 11) is 0. The number of amides is 2. The largest absolute Gasteiger partial charge is 0.468 e. The third kappa shape index (κ3) is 7.89. The Morgan fingerprint density at radius 1 is 0.769 bits per heavy atom. The molecule has 0 aliphatic carbocycles. The van der Waals surface area contributed by atoms with Crippen molar-refractivity contribution in [1.82, 2.24) is 16.0 Å². The molecule has 7 heteroatoms. The molecule has 4 aromatic rings. The predicted octanol–water partition coefficient (Wildman–Crippen LogP) is 4.82. The second-order valence-corrected chi connectivity index (χ2v) is 9.67. The molecule has 39 heavy (non-hydrogen) atoms. The van der Waals surface area contributed by atoms with Crippen LogP contribution in [0.1, 0.15) is 63.5 Å². The van der Waals surface area contributed by atoms with E-state index in [2.05, 4.69) is 16.0 Å². The number of furan rings is 1. The molecule has 4 rings (SSSR count). The summed E-state index contributed by atoms with van der Waals surface area (Å²) in [5, 5.41) is 20.3. The molecular formula is C32H35N3O4. The maximum atomic E-state index is 13.3. The van der Waals surface area contributed by atoms with Gasteiger partial charge in [0.05, 0.1) is 30.5 Å². The average Bonchev–Trinajstić information content (AvgIpc) is 3.52. The van der Waals surface area contributed by atoms with E-state index in [1.54, 1.807) is 30.5 Å². The number of aliphatic hydroxyl groups is 1. The summed E-state index contributed by atoms with van der Waals surface area (Å²) in [5.74, 6) is 0.139. The first-order valence-corrected chi connectivity index (χ1v) is 13.2. The lowest BCUT2D eigenvalue weighted by Gasteiger charge is -2.26. The van der Waals surface area contributed by atoms with Gasteiger partial charge in [-0.05, 0) is 61.7 Å². The normalized spacial score (nSPS) is 14.1. The highest BCUT2D eigenvalue weighted by molar-refractivity contribution is 5.99. The molecule has 1 heterocycles. The SMILES string of the molecule is CC(NC[C@@H](O)[C@H](Cc1ccccc1)NC(=O)c1cccc(C(=O)N[C@@H](C)c2ccccc2)c1)c1ccco1. The molecule has 3 aromatic carbocycles. The standard InChI is InChI=1S/C32H35N3O4/c1-22(25-13-7-4-8-14-25)34-31(37)26-15-9-16-27(20-26)32(38)35-28(19-24-11-5-3-6-12-24)29(36)21-33-23(2)30-17-10-18-39-30/h3-18,20,22-23,28-29,33,36H,19,21H2,1-2H3,(H,34,37)(H,35,38)/t22-,23?,28-,29+/m0/s1. The first kappa shape index (κ1) is 27.8. The number of hydrogen-bond acceptors (Lipinski definition) is 5. The Labute approximate surface area is 229 Å². The van der Waals surface area contributed by atoms with Crippen LogP contribution < -0.4 is 16.0 Å². The van der Waals surface area contributed by atoms with Gasteiger partial charge in [0.1, 0.15) is 5.76 Å². The van der Waals surface area contributed by atoms with E-state index in [0.717, 1.165) is 16.9 Å². The molecule has 4 N–H and O–H groups in total. The zero-order valence-corrected chi connectivity index (χ0v) is 22.2. The van der Waals surface area contributed by atoms with Crippen LogP contribution in [0.5, 0.6) is 0 Å². The van der Waals surface area contributed by atoms with Crippen molar-refractivity contribution in [2.24, 2.45) is 0 Å². The summed E-state index contributed by atoms with van der Waals surface area (Å²) in [6.07, 6.45) is 1.18. The Hall–Kier alpha value is -4.20. The first-order valence-electron chi connectivity index (χ1n) is 13.2. The number of nitrogens with one attached hydrogen (secondary N) is 3. The van der Waals surface area contributed by atoms with Crippen molar-refractivity contribution < 1.29 is 19.1 Å².